The number of rotatable bonds is 11. The fraction of sp³-hybridized carbons (Fsp3) is 0.226. The van der Waals surface area contributed by atoms with E-state index in [-0.39, 0.29) is 4.58 Å². The van der Waals surface area contributed by atoms with E-state index in [1.54, 1.807) is 11.8 Å². The third-order valence-corrected chi connectivity index (χ3v) is 9.25. The van der Waals surface area contributed by atoms with Crippen LogP contribution in [0.25, 0.3) is 22.3 Å². The summed E-state index contributed by atoms with van der Waals surface area (Å²) in [6.45, 7) is 0.550. The van der Waals surface area contributed by atoms with E-state index in [1.165, 1.54) is 22.3 Å². The van der Waals surface area contributed by atoms with Crippen molar-refractivity contribution in [1.82, 2.24) is 0 Å². The van der Waals surface area contributed by atoms with Gasteiger partial charge in [0.25, 0.3) is 0 Å². The second-order valence-electron chi connectivity index (χ2n) is 8.60. The van der Waals surface area contributed by atoms with E-state index >= 15 is 0 Å². The van der Waals surface area contributed by atoms with Crippen molar-refractivity contribution in [3.8, 4) is 28.0 Å². The Bertz CT molecular complexity index is 1240. The topological polar surface area (TPSA) is 26.3 Å². The molecule has 0 aliphatic heterocycles. The van der Waals surface area contributed by atoms with Gasteiger partial charge in [0.15, 0.2) is 0 Å². The van der Waals surface area contributed by atoms with Crippen LogP contribution in [0.4, 0.5) is 0 Å². The van der Waals surface area contributed by atoms with Gasteiger partial charge in [0.05, 0.1) is 4.58 Å². The molecule has 0 aromatic heterocycles. The van der Waals surface area contributed by atoms with Crippen molar-refractivity contribution < 1.29 is 8.95 Å². The monoisotopic (exact) mass is 500 g/mol. The molecule has 0 fully saturated rings. The molecule has 0 N–H and O–H groups in total. The van der Waals surface area contributed by atoms with Crippen molar-refractivity contribution in [2.75, 3.05) is 12.5 Å². The maximum absolute atomic E-state index is 12.0. The Balaban J connectivity index is 1.59. The van der Waals surface area contributed by atoms with Crippen LogP contribution < -0.4 is 4.74 Å². The second kappa shape index (κ2) is 12.8. The third kappa shape index (κ3) is 7.09. The van der Waals surface area contributed by atoms with Crippen molar-refractivity contribution in [3.05, 3.63) is 114 Å². The van der Waals surface area contributed by atoms with Crippen molar-refractivity contribution in [2.24, 2.45) is 0 Å². The molecule has 0 heterocycles. The third-order valence-electron chi connectivity index (χ3n) is 6.12. The molecule has 0 aliphatic rings. The first kappa shape index (κ1) is 25.3. The van der Waals surface area contributed by atoms with Crippen LogP contribution in [-0.2, 0) is 23.8 Å². The quantitative estimate of drug-likeness (QED) is 0.209. The number of ether oxygens (including phenoxy) is 1. The van der Waals surface area contributed by atoms with Crippen molar-refractivity contribution in [1.29, 1.82) is 0 Å². The summed E-state index contributed by atoms with van der Waals surface area (Å²) in [6, 6.07) is 35.9. The molecule has 0 radical (unpaired) electrons. The molecule has 0 aliphatic carbocycles. The molecule has 0 saturated heterocycles. The van der Waals surface area contributed by atoms with Crippen LogP contribution in [0.15, 0.2) is 103 Å². The highest BCUT2D eigenvalue weighted by Gasteiger charge is 2.13. The molecular weight excluding hydrogens is 468 g/mol. The second-order valence-corrected chi connectivity index (χ2v) is 11.5. The Hall–Kier alpha value is -2.82. The summed E-state index contributed by atoms with van der Waals surface area (Å²) in [5.74, 6) is 0.869. The summed E-state index contributed by atoms with van der Waals surface area (Å²) in [4.78, 5) is 0. The lowest BCUT2D eigenvalue weighted by atomic mass is 9.92. The summed E-state index contributed by atoms with van der Waals surface area (Å²) >= 11 is 1.70. The lowest BCUT2D eigenvalue weighted by Crippen LogP contribution is -2.09. The van der Waals surface area contributed by atoms with Crippen LogP contribution in [0.3, 0.4) is 0 Å². The molecule has 0 amide bonds. The largest absolute Gasteiger partial charge is 0.489 e. The summed E-state index contributed by atoms with van der Waals surface area (Å²) in [5, 5.41) is 0. The molecule has 2 atom stereocenters. The zero-order chi connectivity index (χ0) is 24.5. The molecule has 0 bridgehead atoms. The molecule has 4 rings (SSSR count). The number of hydrogen-bond donors (Lipinski definition) is 0. The molecule has 2 unspecified atom stereocenters. The zero-order valence-electron chi connectivity index (χ0n) is 20.4. The highest BCUT2D eigenvalue weighted by atomic mass is 32.2. The molecule has 0 saturated carbocycles. The van der Waals surface area contributed by atoms with Gasteiger partial charge < -0.3 is 4.74 Å². The van der Waals surface area contributed by atoms with Gasteiger partial charge in [-0.3, -0.25) is 4.21 Å². The van der Waals surface area contributed by atoms with E-state index in [4.69, 9.17) is 4.74 Å². The van der Waals surface area contributed by atoms with E-state index < -0.39 is 10.8 Å². The standard InChI is InChI=1S/C31H32O2S2/c1-34-31(35(2)32)18-10-16-27-21-26(25-13-7-4-8-14-25)19-20-30(27)28-15-9-17-29(22-28)33-23-24-11-5-3-6-12-24/h3-9,11-15,17,19-22,31H,10,16,18,23H2,1-2H3. The Morgan fingerprint density at radius 2 is 1.51 bits per heavy atom. The van der Waals surface area contributed by atoms with Crippen LogP contribution >= 0.6 is 11.8 Å². The maximum Gasteiger partial charge on any atom is 0.120 e. The summed E-state index contributed by atoms with van der Waals surface area (Å²) < 4.78 is 18.3. The van der Waals surface area contributed by atoms with Crippen LogP contribution in [0.5, 0.6) is 5.75 Å². The summed E-state index contributed by atoms with van der Waals surface area (Å²) in [5.41, 5.74) is 7.30. The van der Waals surface area contributed by atoms with Gasteiger partial charge in [-0.1, -0.05) is 91.0 Å². The van der Waals surface area contributed by atoms with Crippen molar-refractivity contribution >= 4 is 22.6 Å². The molecule has 4 aromatic rings. The van der Waals surface area contributed by atoms with Gasteiger partial charge in [-0.25, -0.2) is 0 Å². The Kier molecular flexibility index (Phi) is 9.21. The van der Waals surface area contributed by atoms with E-state index in [9.17, 15) is 4.21 Å². The highest BCUT2D eigenvalue weighted by Crippen LogP contribution is 2.32. The highest BCUT2D eigenvalue weighted by molar-refractivity contribution is 8.10. The van der Waals surface area contributed by atoms with Gasteiger partial charge in [0.2, 0.25) is 0 Å². The first-order chi connectivity index (χ1) is 17.1. The lowest BCUT2D eigenvalue weighted by molar-refractivity contribution is 0.306. The Labute approximate surface area is 216 Å². The molecular formula is C31H32O2S2. The first-order valence-corrected chi connectivity index (χ1v) is 14.9. The SMILES string of the molecule is CSC(CCCc1cc(-c2ccccc2)ccc1-c1cccc(OCc2ccccc2)c1)S(C)=O. The molecule has 0 spiro atoms. The van der Waals surface area contributed by atoms with Gasteiger partial charge in [0, 0.05) is 17.1 Å². The average molecular weight is 501 g/mol. The van der Waals surface area contributed by atoms with Crippen LogP contribution in [0, 0.1) is 0 Å². The molecule has 180 valence electrons. The lowest BCUT2D eigenvalue weighted by Gasteiger charge is -2.16. The van der Waals surface area contributed by atoms with Crippen LogP contribution in [-0.4, -0.2) is 21.3 Å². The van der Waals surface area contributed by atoms with Gasteiger partial charge >= 0.3 is 0 Å². The predicted molar refractivity (Wildman–Crippen MR) is 152 cm³/mol. The number of thioether (sulfide) groups is 1. The normalized spacial score (nSPS) is 12.7. The van der Waals surface area contributed by atoms with Crippen molar-refractivity contribution in [2.45, 2.75) is 30.5 Å². The zero-order valence-corrected chi connectivity index (χ0v) is 22.0. The van der Waals surface area contributed by atoms with E-state index in [1.807, 2.05) is 36.6 Å². The van der Waals surface area contributed by atoms with E-state index in [0.29, 0.717) is 6.61 Å². The Morgan fingerprint density at radius 3 is 2.23 bits per heavy atom. The van der Waals surface area contributed by atoms with Crippen molar-refractivity contribution in [3.63, 3.8) is 0 Å². The fourth-order valence-corrected chi connectivity index (χ4v) is 6.25. The number of hydrogen-bond acceptors (Lipinski definition) is 3. The first-order valence-electron chi connectivity index (χ1n) is 11.9. The van der Waals surface area contributed by atoms with E-state index in [2.05, 4.69) is 79.1 Å². The molecule has 35 heavy (non-hydrogen) atoms. The molecule has 4 heteroatoms. The minimum atomic E-state index is -0.812. The number of benzene rings is 4. The molecule has 2 nitrogen and oxygen atoms in total. The van der Waals surface area contributed by atoms with Gasteiger partial charge in [-0.15, -0.1) is 11.8 Å². The Morgan fingerprint density at radius 1 is 0.800 bits per heavy atom. The summed E-state index contributed by atoms with van der Waals surface area (Å²) in [7, 11) is -0.812. The maximum atomic E-state index is 12.0. The van der Waals surface area contributed by atoms with Gasteiger partial charge in [0.1, 0.15) is 12.4 Å². The predicted octanol–water partition coefficient (Wildman–Crippen LogP) is 7.99. The fourth-order valence-electron chi connectivity index (χ4n) is 4.27. The summed E-state index contributed by atoms with van der Waals surface area (Å²) in [6.07, 6.45) is 6.75. The molecule has 4 aromatic carbocycles. The van der Waals surface area contributed by atoms with Gasteiger partial charge in [-0.05, 0) is 71.0 Å². The minimum Gasteiger partial charge on any atom is -0.489 e. The minimum absolute atomic E-state index is 0.186. The van der Waals surface area contributed by atoms with Crippen LogP contribution in [0.1, 0.15) is 24.0 Å². The van der Waals surface area contributed by atoms with Crippen LogP contribution in [0.2, 0.25) is 0 Å². The smallest absolute Gasteiger partial charge is 0.120 e. The van der Waals surface area contributed by atoms with E-state index in [0.717, 1.165) is 36.1 Å². The average Bonchev–Trinajstić information content (AvgIpc) is 2.91. The van der Waals surface area contributed by atoms with Gasteiger partial charge in [-0.2, -0.15) is 0 Å². The number of aryl methyl sites for hydroxylation is 1.